The largest absolute Gasteiger partial charge is 0.378 e. The first-order chi connectivity index (χ1) is 13.5. The second kappa shape index (κ2) is 9.21. The summed E-state index contributed by atoms with van der Waals surface area (Å²) < 4.78 is 1.04. The fourth-order valence-corrected chi connectivity index (χ4v) is 3.83. The molecule has 1 aromatic carbocycles. The fourth-order valence-electron chi connectivity index (χ4n) is 3.42. The Balaban J connectivity index is 2.01. The number of carbonyl (C=O) groups excluding carboxylic acids is 1. The number of nitrogens with one attached hydrogen (secondary N) is 3. The number of fused-ring (bicyclic) bond motifs is 1. The fraction of sp³-hybridized carbons (Fsp3) is 0.333. The van der Waals surface area contributed by atoms with Gasteiger partial charge in [0, 0.05) is 29.3 Å². The Labute approximate surface area is 174 Å². The van der Waals surface area contributed by atoms with Crippen molar-refractivity contribution >= 4 is 27.5 Å². The molecule has 0 aliphatic carbocycles. The van der Waals surface area contributed by atoms with E-state index in [1.165, 1.54) is 11.1 Å². The molecule has 2 aliphatic heterocycles. The number of nitrogens with two attached hydrogens (primary N) is 1. The van der Waals surface area contributed by atoms with Crippen LogP contribution in [0.1, 0.15) is 31.4 Å². The maximum absolute atomic E-state index is 11.9. The molecule has 5 N–H and O–H groups in total. The monoisotopic (exact) mass is 443 g/mol. The molecule has 148 valence electrons. The summed E-state index contributed by atoms with van der Waals surface area (Å²) in [6, 6.07) is 8.32. The number of nitrogens with zero attached hydrogens (tertiary/aromatic N) is 1. The number of amides is 1. The molecular weight excluding hydrogens is 418 g/mol. The van der Waals surface area contributed by atoms with E-state index in [-0.39, 0.29) is 6.04 Å². The van der Waals surface area contributed by atoms with Crippen LogP contribution in [0.4, 0.5) is 0 Å². The number of likely N-dealkylation sites (N-methyl/N-ethyl adjacent to an activating group) is 1. The van der Waals surface area contributed by atoms with Gasteiger partial charge >= 0.3 is 0 Å². The lowest BCUT2D eigenvalue weighted by atomic mass is 9.94. The lowest BCUT2D eigenvalue weighted by molar-refractivity contribution is -0.118. The van der Waals surface area contributed by atoms with E-state index in [4.69, 9.17) is 5.73 Å². The molecule has 2 atom stereocenters. The van der Waals surface area contributed by atoms with Crippen molar-refractivity contribution in [2.75, 3.05) is 13.6 Å². The summed E-state index contributed by atoms with van der Waals surface area (Å²) in [5.74, 6) is -0.936. The van der Waals surface area contributed by atoms with E-state index in [0.717, 1.165) is 35.3 Å². The van der Waals surface area contributed by atoms with Crippen molar-refractivity contribution in [2.24, 2.45) is 16.6 Å². The van der Waals surface area contributed by atoms with Crippen LogP contribution >= 0.6 is 15.9 Å². The van der Waals surface area contributed by atoms with Gasteiger partial charge in [0.2, 0.25) is 5.91 Å². The predicted molar refractivity (Wildman–Crippen MR) is 116 cm³/mol. The standard InChI is InChI=1S/C21H26BrN5O/c1-3-13-9-17(20-19(26-11-13)16(21(23)28)7-8-25-20)27-18(12-24-2)14-5-4-6-15(22)10-14/h4-8,10-11,16,18,24-25,27H,3,9,12H2,1-2H3,(H2,23,28). The van der Waals surface area contributed by atoms with E-state index in [9.17, 15) is 4.79 Å². The summed E-state index contributed by atoms with van der Waals surface area (Å²) in [6.45, 7) is 2.86. The minimum absolute atomic E-state index is 0.0576. The van der Waals surface area contributed by atoms with Crippen LogP contribution in [0.5, 0.6) is 0 Å². The highest BCUT2D eigenvalue weighted by molar-refractivity contribution is 9.10. The van der Waals surface area contributed by atoms with E-state index in [2.05, 4.69) is 55.9 Å². The number of rotatable bonds is 7. The van der Waals surface area contributed by atoms with Crippen LogP contribution in [-0.4, -0.2) is 25.2 Å². The number of halogens is 1. The van der Waals surface area contributed by atoms with Gasteiger partial charge in [-0.2, -0.15) is 0 Å². The molecule has 2 aliphatic rings. The lowest BCUT2D eigenvalue weighted by Crippen LogP contribution is -2.39. The highest BCUT2D eigenvalue weighted by Crippen LogP contribution is 2.27. The van der Waals surface area contributed by atoms with E-state index in [1.807, 2.05) is 25.4 Å². The van der Waals surface area contributed by atoms with Gasteiger partial charge in [0.05, 0.1) is 17.5 Å². The van der Waals surface area contributed by atoms with Gasteiger partial charge in [-0.25, -0.2) is 0 Å². The third-order valence-electron chi connectivity index (χ3n) is 4.93. The molecule has 1 amide bonds. The molecule has 7 heteroatoms. The van der Waals surface area contributed by atoms with E-state index in [0.29, 0.717) is 5.71 Å². The van der Waals surface area contributed by atoms with Gasteiger partial charge in [0.1, 0.15) is 5.92 Å². The molecular formula is C21H26BrN5O. The van der Waals surface area contributed by atoms with Gasteiger partial charge in [-0.05, 0) is 42.9 Å². The number of allylic oxidation sites excluding steroid dienone is 2. The summed E-state index contributed by atoms with van der Waals surface area (Å²) >= 11 is 3.56. The first-order valence-electron chi connectivity index (χ1n) is 9.41. The van der Waals surface area contributed by atoms with Crippen molar-refractivity contribution in [1.82, 2.24) is 16.0 Å². The smallest absolute Gasteiger partial charge is 0.230 e. The van der Waals surface area contributed by atoms with Crippen LogP contribution in [0.2, 0.25) is 0 Å². The van der Waals surface area contributed by atoms with Gasteiger partial charge in [0.25, 0.3) is 0 Å². The van der Waals surface area contributed by atoms with Crippen LogP contribution in [0.3, 0.4) is 0 Å². The zero-order valence-corrected chi connectivity index (χ0v) is 17.7. The molecule has 1 aromatic rings. The zero-order valence-electron chi connectivity index (χ0n) is 16.1. The third kappa shape index (κ3) is 4.54. The van der Waals surface area contributed by atoms with E-state index < -0.39 is 11.8 Å². The number of carbonyl (C=O) groups is 1. The molecule has 0 aromatic heterocycles. The average Bonchev–Trinajstić information content (AvgIpc) is 2.87. The number of aliphatic imine (C=N–C) groups is 1. The van der Waals surface area contributed by atoms with Crippen molar-refractivity contribution in [2.45, 2.75) is 25.8 Å². The summed E-state index contributed by atoms with van der Waals surface area (Å²) in [4.78, 5) is 16.6. The summed E-state index contributed by atoms with van der Waals surface area (Å²) in [5, 5.41) is 10.2. The van der Waals surface area contributed by atoms with Crippen LogP contribution in [0.25, 0.3) is 0 Å². The molecule has 2 unspecified atom stereocenters. The van der Waals surface area contributed by atoms with Crippen LogP contribution in [0.15, 0.2) is 69.2 Å². The molecule has 2 heterocycles. The number of hydrogen-bond donors (Lipinski definition) is 4. The quantitative estimate of drug-likeness (QED) is 0.521. The zero-order chi connectivity index (χ0) is 20.1. The molecule has 0 saturated heterocycles. The Hall–Kier alpha value is -2.38. The first kappa shape index (κ1) is 20.4. The molecule has 0 bridgehead atoms. The Bertz CT molecular complexity index is 871. The van der Waals surface area contributed by atoms with Crippen molar-refractivity contribution in [3.05, 3.63) is 69.7 Å². The minimum atomic E-state index is -0.533. The van der Waals surface area contributed by atoms with Gasteiger partial charge in [-0.1, -0.05) is 41.1 Å². The summed E-state index contributed by atoms with van der Waals surface area (Å²) in [7, 11) is 1.94. The van der Waals surface area contributed by atoms with Gasteiger partial charge < -0.3 is 21.7 Å². The maximum Gasteiger partial charge on any atom is 0.230 e. The van der Waals surface area contributed by atoms with Crippen molar-refractivity contribution in [3.8, 4) is 0 Å². The second-order valence-electron chi connectivity index (χ2n) is 6.88. The van der Waals surface area contributed by atoms with Crippen molar-refractivity contribution in [3.63, 3.8) is 0 Å². The summed E-state index contributed by atoms with van der Waals surface area (Å²) in [6.07, 6.45) is 7.02. The van der Waals surface area contributed by atoms with Crippen LogP contribution in [0, 0.1) is 5.92 Å². The SMILES string of the molecule is CCC1=CN=C2C(=C(NC(CNC)c3cccc(Br)c3)C1)NC=CC2C(N)=O. The molecule has 0 saturated carbocycles. The van der Waals surface area contributed by atoms with Gasteiger partial charge in [0.15, 0.2) is 0 Å². The third-order valence-corrected chi connectivity index (χ3v) is 5.42. The number of primary amides is 1. The summed E-state index contributed by atoms with van der Waals surface area (Å²) in [5.41, 5.74) is 10.5. The Morgan fingerprint density at radius 2 is 2.29 bits per heavy atom. The molecule has 3 rings (SSSR count). The van der Waals surface area contributed by atoms with Gasteiger partial charge in [-0.15, -0.1) is 0 Å². The Kier molecular flexibility index (Phi) is 6.70. The van der Waals surface area contributed by atoms with Crippen molar-refractivity contribution in [1.29, 1.82) is 0 Å². The number of hydrogen-bond acceptors (Lipinski definition) is 5. The molecule has 0 spiro atoms. The molecule has 0 fully saturated rings. The highest BCUT2D eigenvalue weighted by atomic mass is 79.9. The average molecular weight is 444 g/mol. The van der Waals surface area contributed by atoms with Crippen molar-refractivity contribution < 1.29 is 4.79 Å². The predicted octanol–water partition coefficient (Wildman–Crippen LogP) is 2.87. The van der Waals surface area contributed by atoms with Gasteiger partial charge in [-0.3, -0.25) is 9.79 Å². The molecule has 6 nitrogen and oxygen atoms in total. The van der Waals surface area contributed by atoms with Crippen LogP contribution in [-0.2, 0) is 4.79 Å². The van der Waals surface area contributed by atoms with Crippen LogP contribution < -0.4 is 21.7 Å². The highest BCUT2D eigenvalue weighted by Gasteiger charge is 2.29. The molecule has 28 heavy (non-hydrogen) atoms. The molecule has 0 radical (unpaired) electrons. The van der Waals surface area contributed by atoms with E-state index >= 15 is 0 Å². The minimum Gasteiger partial charge on any atom is -0.378 e. The number of benzene rings is 1. The normalized spacial score (nSPS) is 19.8. The van der Waals surface area contributed by atoms with E-state index in [1.54, 1.807) is 12.3 Å². The first-order valence-corrected chi connectivity index (χ1v) is 10.2. The topological polar surface area (TPSA) is 91.5 Å². The lowest BCUT2D eigenvalue weighted by Gasteiger charge is -2.27. The maximum atomic E-state index is 11.9. The Morgan fingerprint density at radius 1 is 1.46 bits per heavy atom. The Morgan fingerprint density at radius 3 is 2.96 bits per heavy atom. The second-order valence-corrected chi connectivity index (χ2v) is 7.79.